The third-order valence-electron chi connectivity index (χ3n) is 4.47. The maximum absolute atomic E-state index is 4.78. The molecule has 0 radical (unpaired) electrons. The quantitative estimate of drug-likeness (QED) is 0.792. The summed E-state index contributed by atoms with van der Waals surface area (Å²) >= 11 is 0. The zero-order valence-corrected chi connectivity index (χ0v) is 14.4. The number of hydrogen-bond acceptors (Lipinski definition) is 6. The molecule has 1 fully saturated rings. The summed E-state index contributed by atoms with van der Waals surface area (Å²) in [6, 6.07) is 14.2. The van der Waals surface area contributed by atoms with Gasteiger partial charge in [0.1, 0.15) is 11.6 Å². The summed E-state index contributed by atoms with van der Waals surface area (Å²) in [7, 11) is 0. The molecule has 128 valence electrons. The predicted octanol–water partition coefficient (Wildman–Crippen LogP) is 2.78. The van der Waals surface area contributed by atoms with E-state index in [-0.39, 0.29) is 0 Å². The minimum Gasteiger partial charge on any atom is -0.370 e. The summed E-state index contributed by atoms with van der Waals surface area (Å²) in [5.41, 5.74) is 0.982. The first-order valence-corrected chi connectivity index (χ1v) is 8.77. The van der Waals surface area contributed by atoms with Gasteiger partial charge < -0.3 is 15.1 Å². The van der Waals surface area contributed by atoms with Gasteiger partial charge in [-0.2, -0.15) is 4.98 Å². The minimum atomic E-state index is 0.801. The van der Waals surface area contributed by atoms with E-state index in [4.69, 9.17) is 9.97 Å². The molecule has 0 atom stereocenters. The van der Waals surface area contributed by atoms with Crippen LogP contribution in [0, 0.1) is 0 Å². The molecule has 25 heavy (non-hydrogen) atoms. The first-order valence-electron chi connectivity index (χ1n) is 8.77. The van der Waals surface area contributed by atoms with Gasteiger partial charge in [0.25, 0.3) is 0 Å². The first-order chi connectivity index (χ1) is 12.3. The number of pyridine rings is 1. The number of aromatic nitrogens is 3. The average Bonchev–Trinajstić information content (AvgIpc) is 2.69. The Morgan fingerprint density at radius 3 is 2.44 bits per heavy atom. The molecule has 6 nitrogen and oxygen atoms in total. The lowest BCUT2D eigenvalue weighted by Crippen LogP contribution is -2.47. The Bertz CT molecular complexity index is 843. The van der Waals surface area contributed by atoms with Crippen LogP contribution in [-0.4, -0.2) is 47.7 Å². The van der Waals surface area contributed by atoms with Crippen LogP contribution in [0.1, 0.15) is 6.92 Å². The van der Waals surface area contributed by atoms with Crippen molar-refractivity contribution in [3.63, 3.8) is 0 Å². The number of piperazine rings is 1. The lowest BCUT2D eigenvalue weighted by atomic mass is 10.2. The van der Waals surface area contributed by atoms with Crippen LogP contribution in [0.15, 0.2) is 48.7 Å². The molecule has 1 aromatic carbocycles. The van der Waals surface area contributed by atoms with Crippen molar-refractivity contribution in [3.05, 3.63) is 48.7 Å². The van der Waals surface area contributed by atoms with Crippen LogP contribution in [0.2, 0.25) is 0 Å². The van der Waals surface area contributed by atoms with Crippen LogP contribution in [0.3, 0.4) is 0 Å². The monoisotopic (exact) mass is 334 g/mol. The van der Waals surface area contributed by atoms with Gasteiger partial charge in [0, 0.05) is 44.3 Å². The van der Waals surface area contributed by atoms with E-state index in [9.17, 15) is 0 Å². The molecule has 1 saturated heterocycles. The van der Waals surface area contributed by atoms with Crippen molar-refractivity contribution < 1.29 is 0 Å². The first kappa shape index (κ1) is 15.6. The van der Waals surface area contributed by atoms with Crippen molar-refractivity contribution in [3.8, 4) is 0 Å². The van der Waals surface area contributed by atoms with Gasteiger partial charge in [0.15, 0.2) is 0 Å². The Balaban J connectivity index is 1.56. The van der Waals surface area contributed by atoms with E-state index in [1.54, 1.807) is 0 Å². The summed E-state index contributed by atoms with van der Waals surface area (Å²) in [6.45, 7) is 6.55. The molecule has 1 N–H and O–H groups in total. The van der Waals surface area contributed by atoms with Crippen molar-refractivity contribution in [2.24, 2.45) is 0 Å². The second-order valence-corrected chi connectivity index (χ2v) is 6.08. The summed E-state index contributed by atoms with van der Waals surface area (Å²) in [6.07, 6.45) is 1.84. The van der Waals surface area contributed by atoms with Gasteiger partial charge in [-0.25, -0.2) is 9.97 Å². The van der Waals surface area contributed by atoms with Crippen LogP contribution in [-0.2, 0) is 0 Å². The molecule has 2 aromatic heterocycles. The van der Waals surface area contributed by atoms with Gasteiger partial charge in [-0.05, 0) is 31.2 Å². The van der Waals surface area contributed by atoms with Crippen LogP contribution < -0.4 is 15.1 Å². The SMILES string of the molecule is CCNc1nc(N2CCN(c3ccccn3)CC2)nc2ccccc12. The summed E-state index contributed by atoms with van der Waals surface area (Å²) in [5.74, 6) is 2.75. The molecule has 0 aliphatic carbocycles. The molecule has 0 unspecified atom stereocenters. The van der Waals surface area contributed by atoms with E-state index >= 15 is 0 Å². The fourth-order valence-electron chi connectivity index (χ4n) is 3.18. The number of para-hydroxylation sites is 1. The van der Waals surface area contributed by atoms with Gasteiger partial charge in [-0.3, -0.25) is 0 Å². The highest BCUT2D eigenvalue weighted by atomic mass is 15.3. The van der Waals surface area contributed by atoms with Crippen molar-refractivity contribution in [1.82, 2.24) is 15.0 Å². The van der Waals surface area contributed by atoms with Crippen LogP contribution in [0.25, 0.3) is 10.9 Å². The van der Waals surface area contributed by atoms with E-state index in [1.165, 1.54) is 0 Å². The number of nitrogens with one attached hydrogen (secondary N) is 1. The van der Waals surface area contributed by atoms with E-state index in [0.717, 1.165) is 61.2 Å². The molecular formula is C19H22N6. The number of anilines is 3. The highest BCUT2D eigenvalue weighted by molar-refractivity contribution is 5.90. The Morgan fingerprint density at radius 1 is 0.920 bits per heavy atom. The number of hydrogen-bond donors (Lipinski definition) is 1. The largest absolute Gasteiger partial charge is 0.370 e. The van der Waals surface area contributed by atoms with E-state index < -0.39 is 0 Å². The molecule has 0 amide bonds. The Kier molecular flexibility index (Phi) is 4.33. The van der Waals surface area contributed by atoms with Gasteiger partial charge in [-0.15, -0.1) is 0 Å². The van der Waals surface area contributed by atoms with Crippen molar-refractivity contribution in [2.75, 3.05) is 47.8 Å². The predicted molar refractivity (Wildman–Crippen MR) is 102 cm³/mol. The molecule has 0 spiro atoms. The van der Waals surface area contributed by atoms with E-state index in [2.05, 4.69) is 39.2 Å². The van der Waals surface area contributed by atoms with Gasteiger partial charge in [0.05, 0.1) is 5.52 Å². The van der Waals surface area contributed by atoms with Crippen molar-refractivity contribution in [1.29, 1.82) is 0 Å². The number of benzene rings is 1. The van der Waals surface area contributed by atoms with E-state index in [0.29, 0.717) is 0 Å². The van der Waals surface area contributed by atoms with Crippen LogP contribution >= 0.6 is 0 Å². The molecular weight excluding hydrogens is 312 g/mol. The molecule has 4 rings (SSSR count). The average molecular weight is 334 g/mol. The number of fused-ring (bicyclic) bond motifs is 1. The minimum absolute atomic E-state index is 0.801. The summed E-state index contributed by atoms with van der Waals surface area (Å²) in [4.78, 5) is 18.6. The van der Waals surface area contributed by atoms with Gasteiger partial charge in [-0.1, -0.05) is 18.2 Å². The van der Waals surface area contributed by atoms with Gasteiger partial charge in [0.2, 0.25) is 5.95 Å². The highest BCUT2D eigenvalue weighted by Gasteiger charge is 2.21. The normalized spacial score (nSPS) is 14.8. The maximum Gasteiger partial charge on any atom is 0.228 e. The molecule has 0 bridgehead atoms. The van der Waals surface area contributed by atoms with Crippen molar-refractivity contribution in [2.45, 2.75) is 6.92 Å². The molecule has 0 saturated carbocycles. The highest BCUT2D eigenvalue weighted by Crippen LogP contribution is 2.24. The third-order valence-corrected chi connectivity index (χ3v) is 4.47. The number of nitrogens with zero attached hydrogens (tertiary/aromatic N) is 5. The third kappa shape index (κ3) is 3.20. The number of rotatable bonds is 4. The summed E-state index contributed by atoms with van der Waals surface area (Å²) < 4.78 is 0. The Morgan fingerprint density at radius 2 is 1.68 bits per heavy atom. The van der Waals surface area contributed by atoms with Crippen LogP contribution in [0.5, 0.6) is 0 Å². The lowest BCUT2D eigenvalue weighted by molar-refractivity contribution is 0.636. The molecule has 6 heteroatoms. The Hall–Kier alpha value is -2.89. The molecule has 1 aliphatic rings. The molecule has 1 aliphatic heterocycles. The zero-order chi connectivity index (χ0) is 17.1. The second-order valence-electron chi connectivity index (χ2n) is 6.08. The maximum atomic E-state index is 4.78. The van der Waals surface area contributed by atoms with Crippen molar-refractivity contribution >= 4 is 28.5 Å². The topological polar surface area (TPSA) is 57.2 Å². The fraction of sp³-hybridized carbons (Fsp3) is 0.316. The summed E-state index contributed by atoms with van der Waals surface area (Å²) in [5, 5.41) is 4.44. The van der Waals surface area contributed by atoms with E-state index in [1.807, 2.05) is 36.5 Å². The second kappa shape index (κ2) is 6.93. The van der Waals surface area contributed by atoms with Crippen LogP contribution in [0.4, 0.5) is 17.6 Å². The zero-order valence-electron chi connectivity index (χ0n) is 14.4. The molecule has 3 aromatic rings. The smallest absolute Gasteiger partial charge is 0.228 e. The Labute approximate surface area is 147 Å². The molecule has 3 heterocycles. The fourth-order valence-corrected chi connectivity index (χ4v) is 3.18. The standard InChI is InChI=1S/C19H22N6/c1-2-20-18-15-7-3-4-8-16(15)22-19(23-18)25-13-11-24(12-14-25)17-9-5-6-10-21-17/h3-10H,2,11-14H2,1H3,(H,20,22,23). The lowest BCUT2D eigenvalue weighted by Gasteiger charge is -2.35. The van der Waals surface area contributed by atoms with Gasteiger partial charge >= 0.3 is 0 Å².